The Balaban J connectivity index is 2.40. The summed E-state index contributed by atoms with van der Waals surface area (Å²) in [5, 5.41) is 2.13. The predicted molar refractivity (Wildman–Crippen MR) is 90.1 cm³/mol. The zero-order valence-corrected chi connectivity index (χ0v) is 13.9. The Morgan fingerprint density at radius 2 is 1.79 bits per heavy atom. The zero-order chi connectivity index (χ0) is 17.9. The van der Waals surface area contributed by atoms with Gasteiger partial charge in [0.05, 0.1) is 13.7 Å². The van der Waals surface area contributed by atoms with Gasteiger partial charge in [0.2, 0.25) is 5.91 Å². The second kappa shape index (κ2) is 9.95. The van der Waals surface area contributed by atoms with Crippen molar-refractivity contribution in [1.29, 1.82) is 0 Å². The molecule has 0 aliphatic rings. The molecule has 0 spiro atoms. The lowest BCUT2D eigenvalue weighted by atomic mass is 10.2. The first-order valence-corrected chi connectivity index (χ1v) is 7.27. The second-order valence-corrected chi connectivity index (χ2v) is 4.62. The van der Waals surface area contributed by atoms with E-state index in [0.717, 1.165) is 12.2 Å². The van der Waals surface area contributed by atoms with Gasteiger partial charge in [-0.15, -0.1) is 0 Å². The van der Waals surface area contributed by atoms with Gasteiger partial charge < -0.3 is 9.47 Å². The molecule has 0 unspecified atom stereocenters. The van der Waals surface area contributed by atoms with Crippen molar-refractivity contribution >= 4 is 35.1 Å². The lowest BCUT2D eigenvalue weighted by molar-refractivity contribution is -0.137. The van der Waals surface area contributed by atoms with E-state index in [1.807, 2.05) is 0 Å². The Morgan fingerprint density at radius 1 is 1.12 bits per heavy atom. The van der Waals surface area contributed by atoms with Gasteiger partial charge in [0.25, 0.3) is 5.91 Å². The van der Waals surface area contributed by atoms with E-state index >= 15 is 0 Å². The van der Waals surface area contributed by atoms with Crippen LogP contribution in [0.3, 0.4) is 0 Å². The summed E-state index contributed by atoms with van der Waals surface area (Å²) in [7, 11) is 1.52. The third-order valence-electron chi connectivity index (χ3n) is 2.54. The van der Waals surface area contributed by atoms with Gasteiger partial charge >= 0.3 is 5.97 Å². The van der Waals surface area contributed by atoms with Crippen LogP contribution in [0.1, 0.15) is 17.3 Å². The number of nitrogens with one attached hydrogen (secondary N) is 3. The largest absolute Gasteiger partial charge is 0.497 e. The third-order valence-corrected chi connectivity index (χ3v) is 2.74. The van der Waals surface area contributed by atoms with Crippen molar-refractivity contribution in [3.8, 4) is 5.75 Å². The highest BCUT2D eigenvalue weighted by atomic mass is 32.1. The number of amides is 2. The van der Waals surface area contributed by atoms with Gasteiger partial charge in [-0.3, -0.25) is 25.8 Å². The summed E-state index contributed by atoms with van der Waals surface area (Å²) in [6.07, 6.45) is 1.94. The van der Waals surface area contributed by atoms with Crippen molar-refractivity contribution in [3.63, 3.8) is 0 Å². The molecule has 8 nitrogen and oxygen atoms in total. The Hall–Kier alpha value is -2.94. The quantitative estimate of drug-likeness (QED) is 0.306. The molecule has 1 rings (SSSR count). The van der Waals surface area contributed by atoms with Crippen LogP contribution < -0.4 is 20.9 Å². The van der Waals surface area contributed by atoms with E-state index in [4.69, 9.17) is 17.0 Å². The number of methoxy groups -OCH3 is 1. The average Bonchev–Trinajstić information content (AvgIpc) is 2.58. The minimum Gasteiger partial charge on any atom is -0.497 e. The molecular weight excluding hydrogens is 334 g/mol. The van der Waals surface area contributed by atoms with E-state index in [1.54, 1.807) is 31.2 Å². The van der Waals surface area contributed by atoms with Crippen LogP contribution in [0.2, 0.25) is 0 Å². The number of carbonyl (C=O) groups is 3. The molecule has 0 aliphatic heterocycles. The summed E-state index contributed by atoms with van der Waals surface area (Å²) in [5.41, 5.74) is 5.07. The second-order valence-electron chi connectivity index (χ2n) is 4.21. The van der Waals surface area contributed by atoms with Crippen LogP contribution in [-0.2, 0) is 14.3 Å². The van der Waals surface area contributed by atoms with Crippen molar-refractivity contribution in [2.24, 2.45) is 0 Å². The topological polar surface area (TPSA) is 106 Å². The molecule has 0 aromatic heterocycles. The number of benzene rings is 1. The Bertz CT molecular complexity index is 643. The highest BCUT2D eigenvalue weighted by molar-refractivity contribution is 7.80. The Labute approximate surface area is 144 Å². The first kappa shape index (κ1) is 19.1. The first-order chi connectivity index (χ1) is 11.5. The summed E-state index contributed by atoms with van der Waals surface area (Å²) < 4.78 is 9.61. The molecule has 9 heteroatoms. The van der Waals surface area contributed by atoms with Gasteiger partial charge in [-0.2, -0.15) is 0 Å². The number of thiocarbonyl (C=S) groups is 1. The maximum Gasteiger partial charge on any atom is 0.330 e. The number of carbonyl (C=O) groups excluding carboxylic acids is 3. The number of rotatable bonds is 5. The molecule has 0 aliphatic carbocycles. The normalized spacial score (nSPS) is 9.92. The number of hydrogen-bond donors (Lipinski definition) is 3. The molecule has 0 atom stereocenters. The highest BCUT2D eigenvalue weighted by Crippen LogP contribution is 2.10. The van der Waals surface area contributed by atoms with Crippen LogP contribution in [-0.4, -0.2) is 36.6 Å². The van der Waals surface area contributed by atoms with E-state index in [1.165, 1.54) is 7.11 Å². The molecule has 24 heavy (non-hydrogen) atoms. The number of hydrazine groups is 1. The van der Waals surface area contributed by atoms with Gasteiger partial charge in [-0.05, 0) is 43.4 Å². The lowest BCUT2D eigenvalue weighted by Crippen LogP contribution is -2.48. The summed E-state index contributed by atoms with van der Waals surface area (Å²) in [5.74, 6) is -1.11. The molecule has 0 fully saturated rings. The maximum absolute atomic E-state index is 11.9. The van der Waals surface area contributed by atoms with E-state index in [-0.39, 0.29) is 11.7 Å². The van der Waals surface area contributed by atoms with Crippen LogP contribution in [0, 0.1) is 0 Å². The Morgan fingerprint density at radius 3 is 2.38 bits per heavy atom. The van der Waals surface area contributed by atoms with Crippen molar-refractivity contribution in [2.45, 2.75) is 6.92 Å². The standard InChI is InChI=1S/C15H17N3O5S/c1-3-23-13(20)9-8-12(19)16-15(24)18-17-14(21)10-4-6-11(22-2)7-5-10/h4-9H,3H2,1-2H3,(H,17,21)(H2,16,18,19,24). The van der Waals surface area contributed by atoms with Gasteiger partial charge in [0.15, 0.2) is 5.11 Å². The molecule has 2 amide bonds. The third kappa shape index (κ3) is 6.88. The van der Waals surface area contributed by atoms with Crippen LogP contribution in [0.5, 0.6) is 5.75 Å². The highest BCUT2D eigenvalue weighted by Gasteiger charge is 2.07. The monoisotopic (exact) mass is 351 g/mol. The summed E-state index contributed by atoms with van der Waals surface area (Å²) in [6.45, 7) is 1.86. The van der Waals surface area contributed by atoms with Gasteiger partial charge in [-0.25, -0.2) is 4.79 Å². The fraction of sp³-hybridized carbons (Fsp3) is 0.200. The van der Waals surface area contributed by atoms with Crippen LogP contribution in [0.4, 0.5) is 0 Å². The van der Waals surface area contributed by atoms with Gasteiger partial charge in [0, 0.05) is 17.7 Å². The molecular formula is C15H17N3O5S. The van der Waals surface area contributed by atoms with Crippen LogP contribution in [0.25, 0.3) is 0 Å². The number of ether oxygens (including phenoxy) is 2. The summed E-state index contributed by atoms with van der Waals surface area (Å²) in [4.78, 5) is 34.4. The van der Waals surface area contributed by atoms with Crippen molar-refractivity contribution in [1.82, 2.24) is 16.2 Å². The number of esters is 1. The fourth-order valence-electron chi connectivity index (χ4n) is 1.45. The number of hydrogen-bond acceptors (Lipinski definition) is 6. The van der Waals surface area contributed by atoms with Crippen molar-refractivity contribution < 1.29 is 23.9 Å². The maximum atomic E-state index is 11.9. The van der Waals surface area contributed by atoms with E-state index in [2.05, 4.69) is 20.9 Å². The Kier molecular flexibility index (Phi) is 7.92. The van der Waals surface area contributed by atoms with Crippen molar-refractivity contribution in [2.75, 3.05) is 13.7 Å². The molecule has 1 aromatic carbocycles. The first-order valence-electron chi connectivity index (χ1n) is 6.86. The zero-order valence-electron chi connectivity index (χ0n) is 13.1. The molecule has 0 saturated heterocycles. The van der Waals surface area contributed by atoms with Crippen LogP contribution >= 0.6 is 12.2 Å². The van der Waals surface area contributed by atoms with Gasteiger partial charge in [0.1, 0.15) is 5.75 Å². The molecule has 0 bridgehead atoms. The fourth-order valence-corrected chi connectivity index (χ4v) is 1.60. The molecule has 0 radical (unpaired) electrons. The molecule has 0 heterocycles. The van der Waals surface area contributed by atoms with E-state index < -0.39 is 17.8 Å². The van der Waals surface area contributed by atoms with E-state index in [0.29, 0.717) is 11.3 Å². The minimum atomic E-state index is -0.640. The predicted octanol–water partition coefficient (Wildman–Crippen LogP) is 0.450. The smallest absolute Gasteiger partial charge is 0.330 e. The molecule has 3 N–H and O–H groups in total. The average molecular weight is 351 g/mol. The molecule has 1 aromatic rings. The van der Waals surface area contributed by atoms with Crippen LogP contribution in [0.15, 0.2) is 36.4 Å². The summed E-state index contributed by atoms with van der Waals surface area (Å²) in [6, 6.07) is 6.41. The van der Waals surface area contributed by atoms with Gasteiger partial charge in [-0.1, -0.05) is 0 Å². The van der Waals surface area contributed by atoms with E-state index in [9.17, 15) is 14.4 Å². The summed E-state index contributed by atoms with van der Waals surface area (Å²) >= 11 is 4.84. The lowest BCUT2D eigenvalue weighted by Gasteiger charge is -2.10. The SMILES string of the molecule is CCOC(=O)C=CC(=O)NC(=S)NNC(=O)c1ccc(OC)cc1. The van der Waals surface area contributed by atoms with Crippen molar-refractivity contribution in [3.05, 3.63) is 42.0 Å². The molecule has 128 valence electrons. The molecule has 0 saturated carbocycles. The minimum absolute atomic E-state index is 0.129.